The Morgan fingerprint density at radius 1 is 1.25 bits per heavy atom. The van der Waals surface area contributed by atoms with Gasteiger partial charge < -0.3 is 14.8 Å². The number of carbonyl (C=O) groups is 1. The van der Waals surface area contributed by atoms with Crippen LogP contribution in [0.4, 0.5) is 5.82 Å². The Kier molecular flexibility index (Phi) is 3.09. The molecule has 20 heavy (non-hydrogen) atoms. The monoisotopic (exact) mass is 268 g/mol. The van der Waals surface area contributed by atoms with E-state index in [1.54, 1.807) is 12.3 Å². The molecule has 2 heterocycles. The first-order valence-electron chi connectivity index (χ1n) is 6.13. The summed E-state index contributed by atoms with van der Waals surface area (Å²) in [7, 11) is 0. The minimum atomic E-state index is -1.06. The van der Waals surface area contributed by atoms with Crippen LogP contribution in [0.3, 0.4) is 0 Å². The molecule has 5 nitrogen and oxygen atoms in total. The van der Waals surface area contributed by atoms with Gasteiger partial charge in [-0.2, -0.15) is 0 Å². The summed E-state index contributed by atoms with van der Waals surface area (Å²) < 4.78 is 5.21. The Morgan fingerprint density at radius 2 is 2.15 bits per heavy atom. The van der Waals surface area contributed by atoms with Gasteiger partial charge in [-0.25, -0.2) is 9.78 Å². The number of carboxylic acids is 1. The first-order chi connectivity index (χ1) is 9.72. The normalized spacial score (nSPS) is 10.6. The molecule has 0 unspecified atom stereocenters. The van der Waals surface area contributed by atoms with E-state index in [4.69, 9.17) is 9.52 Å². The molecule has 0 radical (unpaired) electrons. The van der Waals surface area contributed by atoms with Gasteiger partial charge in [-0.05, 0) is 35.9 Å². The van der Waals surface area contributed by atoms with Crippen LogP contribution in [0, 0.1) is 0 Å². The molecule has 100 valence electrons. The first kappa shape index (κ1) is 12.2. The minimum Gasteiger partial charge on any atom is -0.475 e. The first-order valence-corrected chi connectivity index (χ1v) is 6.13. The summed E-state index contributed by atoms with van der Waals surface area (Å²) in [5.74, 6) is -0.310. The van der Waals surface area contributed by atoms with Crippen LogP contribution in [0.25, 0.3) is 11.0 Å². The van der Waals surface area contributed by atoms with Crippen molar-refractivity contribution >= 4 is 22.8 Å². The Bertz CT molecular complexity index is 750. The van der Waals surface area contributed by atoms with Crippen molar-refractivity contribution in [2.24, 2.45) is 0 Å². The molecule has 0 atom stereocenters. The average Bonchev–Trinajstić information content (AvgIpc) is 2.89. The minimum absolute atomic E-state index is 0.0464. The molecule has 3 aromatic rings. The zero-order chi connectivity index (χ0) is 13.9. The molecule has 0 aliphatic heterocycles. The fourth-order valence-electron chi connectivity index (χ4n) is 1.97. The third-order valence-corrected chi connectivity index (χ3v) is 2.93. The number of rotatable bonds is 4. The number of aromatic nitrogens is 1. The highest BCUT2D eigenvalue weighted by Gasteiger charge is 2.10. The van der Waals surface area contributed by atoms with Crippen LogP contribution < -0.4 is 5.32 Å². The van der Waals surface area contributed by atoms with E-state index >= 15 is 0 Å². The van der Waals surface area contributed by atoms with Crippen LogP contribution in [0.5, 0.6) is 0 Å². The van der Waals surface area contributed by atoms with Crippen LogP contribution in [0.2, 0.25) is 0 Å². The van der Waals surface area contributed by atoms with Gasteiger partial charge in [-0.3, -0.25) is 0 Å². The molecule has 3 rings (SSSR count). The zero-order valence-electron chi connectivity index (χ0n) is 10.5. The molecular formula is C15H12N2O3. The Morgan fingerprint density at radius 3 is 2.90 bits per heavy atom. The third-order valence-electron chi connectivity index (χ3n) is 2.93. The third kappa shape index (κ3) is 2.47. The summed E-state index contributed by atoms with van der Waals surface area (Å²) in [4.78, 5) is 15.0. The van der Waals surface area contributed by atoms with Crippen molar-refractivity contribution in [2.75, 3.05) is 5.32 Å². The zero-order valence-corrected chi connectivity index (χ0v) is 10.5. The molecule has 0 saturated heterocycles. The lowest BCUT2D eigenvalue weighted by atomic mass is 10.1. The molecule has 2 N–H and O–H groups in total. The predicted octanol–water partition coefficient (Wildman–Crippen LogP) is 3.14. The van der Waals surface area contributed by atoms with Crippen LogP contribution in [-0.2, 0) is 6.54 Å². The van der Waals surface area contributed by atoms with Gasteiger partial charge in [0.15, 0.2) is 0 Å². The summed E-state index contributed by atoms with van der Waals surface area (Å²) in [6, 6.07) is 12.8. The van der Waals surface area contributed by atoms with Crippen molar-refractivity contribution in [3.05, 3.63) is 60.0 Å². The standard InChI is InChI=1S/C15H12N2O3/c18-15(19)13-8-11-7-10(4-5-12(11)20-13)9-17-14-3-1-2-6-16-14/h1-8H,9H2,(H,16,17)(H,18,19). The second-order valence-electron chi connectivity index (χ2n) is 4.36. The van der Waals surface area contributed by atoms with E-state index < -0.39 is 5.97 Å². The molecule has 5 heteroatoms. The van der Waals surface area contributed by atoms with Crippen LogP contribution in [-0.4, -0.2) is 16.1 Å². The van der Waals surface area contributed by atoms with Crippen molar-refractivity contribution in [1.82, 2.24) is 4.98 Å². The van der Waals surface area contributed by atoms with E-state index in [1.165, 1.54) is 6.07 Å². The summed E-state index contributed by atoms with van der Waals surface area (Å²) in [6.07, 6.45) is 1.72. The molecular weight excluding hydrogens is 256 g/mol. The lowest BCUT2D eigenvalue weighted by Crippen LogP contribution is -2.00. The number of aromatic carboxylic acids is 1. The van der Waals surface area contributed by atoms with E-state index in [2.05, 4.69) is 10.3 Å². The van der Waals surface area contributed by atoms with Crippen molar-refractivity contribution in [2.45, 2.75) is 6.54 Å². The molecule has 0 bridgehead atoms. The predicted molar refractivity (Wildman–Crippen MR) is 74.7 cm³/mol. The molecule has 1 aromatic carbocycles. The van der Waals surface area contributed by atoms with Gasteiger partial charge in [0.25, 0.3) is 0 Å². The van der Waals surface area contributed by atoms with Crippen molar-refractivity contribution in [1.29, 1.82) is 0 Å². The van der Waals surface area contributed by atoms with Gasteiger partial charge in [0, 0.05) is 18.1 Å². The van der Waals surface area contributed by atoms with Gasteiger partial charge in [0.05, 0.1) is 0 Å². The Hall–Kier alpha value is -2.82. The average molecular weight is 268 g/mol. The van der Waals surface area contributed by atoms with Gasteiger partial charge in [0.1, 0.15) is 11.4 Å². The molecule has 0 fully saturated rings. The fraction of sp³-hybridized carbons (Fsp3) is 0.0667. The fourth-order valence-corrected chi connectivity index (χ4v) is 1.97. The SMILES string of the molecule is O=C(O)c1cc2cc(CNc3ccccn3)ccc2o1. The maximum absolute atomic E-state index is 10.9. The largest absolute Gasteiger partial charge is 0.475 e. The topological polar surface area (TPSA) is 75.4 Å². The molecule has 0 amide bonds. The molecule has 0 saturated carbocycles. The van der Waals surface area contributed by atoms with E-state index in [9.17, 15) is 4.79 Å². The van der Waals surface area contributed by atoms with E-state index in [-0.39, 0.29) is 5.76 Å². The van der Waals surface area contributed by atoms with Gasteiger partial charge in [-0.15, -0.1) is 0 Å². The number of benzene rings is 1. The maximum Gasteiger partial charge on any atom is 0.371 e. The quantitative estimate of drug-likeness (QED) is 0.760. The second-order valence-corrected chi connectivity index (χ2v) is 4.36. The van der Waals surface area contributed by atoms with Crippen LogP contribution in [0.1, 0.15) is 16.1 Å². The van der Waals surface area contributed by atoms with Gasteiger partial charge in [-0.1, -0.05) is 12.1 Å². The summed E-state index contributed by atoms with van der Waals surface area (Å²) in [5, 5.41) is 12.9. The molecule has 2 aromatic heterocycles. The number of furan rings is 1. The summed E-state index contributed by atoms with van der Waals surface area (Å²) in [6.45, 7) is 0.612. The van der Waals surface area contributed by atoms with Crippen molar-refractivity contribution in [3.63, 3.8) is 0 Å². The van der Waals surface area contributed by atoms with Gasteiger partial charge in [0.2, 0.25) is 5.76 Å². The van der Waals surface area contributed by atoms with E-state index in [1.807, 2.05) is 30.3 Å². The number of nitrogens with one attached hydrogen (secondary N) is 1. The van der Waals surface area contributed by atoms with Crippen molar-refractivity contribution < 1.29 is 14.3 Å². The lowest BCUT2D eigenvalue weighted by molar-refractivity contribution is 0.0665. The molecule has 0 aliphatic carbocycles. The van der Waals surface area contributed by atoms with Gasteiger partial charge >= 0.3 is 5.97 Å². The van der Waals surface area contributed by atoms with Crippen LogP contribution in [0.15, 0.2) is 53.1 Å². The second kappa shape index (κ2) is 5.05. The highest BCUT2D eigenvalue weighted by atomic mass is 16.4. The number of pyridine rings is 1. The van der Waals surface area contributed by atoms with E-state index in [0.29, 0.717) is 12.1 Å². The highest BCUT2D eigenvalue weighted by molar-refractivity contribution is 5.91. The number of hydrogen-bond donors (Lipinski definition) is 2. The Balaban J connectivity index is 1.80. The molecule has 0 aliphatic rings. The number of carboxylic acid groups (broad SMARTS) is 1. The number of nitrogens with zero attached hydrogens (tertiary/aromatic N) is 1. The van der Waals surface area contributed by atoms with Crippen LogP contribution >= 0.6 is 0 Å². The number of hydrogen-bond acceptors (Lipinski definition) is 4. The van der Waals surface area contributed by atoms with Crippen molar-refractivity contribution in [3.8, 4) is 0 Å². The highest BCUT2D eigenvalue weighted by Crippen LogP contribution is 2.21. The smallest absolute Gasteiger partial charge is 0.371 e. The molecule has 0 spiro atoms. The maximum atomic E-state index is 10.9. The number of anilines is 1. The number of fused-ring (bicyclic) bond motifs is 1. The Labute approximate surface area is 114 Å². The summed E-state index contributed by atoms with van der Waals surface area (Å²) in [5.41, 5.74) is 1.60. The lowest BCUT2D eigenvalue weighted by Gasteiger charge is -2.05. The van der Waals surface area contributed by atoms with E-state index in [0.717, 1.165) is 16.8 Å². The summed E-state index contributed by atoms with van der Waals surface area (Å²) >= 11 is 0.